The summed E-state index contributed by atoms with van der Waals surface area (Å²) >= 11 is 0. The van der Waals surface area contributed by atoms with E-state index in [2.05, 4.69) is 11.2 Å². The molecular formula is C16H14N2O3. The van der Waals surface area contributed by atoms with Crippen LogP contribution >= 0.6 is 0 Å². The molecule has 0 bridgehead atoms. The fraction of sp³-hybridized carbons (Fsp3) is 0.125. The van der Waals surface area contributed by atoms with Gasteiger partial charge in [0.25, 0.3) is 5.69 Å². The number of terminal acetylenes is 1. The van der Waals surface area contributed by atoms with Gasteiger partial charge in [-0.05, 0) is 35.9 Å². The van der Waals surface area contributed by atoms with E-state index < -0.39 is 11.0 Å². The van der Waals surface area contributed by atoms with Crippen molar-refractivity contribution < 1.29 is 10.0 Å². The molecule has 2 rings (SSSR count). The van der Waals surface area contributed by atoms with E-state index in [0.29, 0.717) is 5.56 Å². The van der Waals surface area contributed by atoms with Crippen molar-refractivity contribution in [2.24, 2.45) is 0 Å². The number of nitro groups is 1. The van der Waals surface area contributed by atoms with Crippen LogP contribution in [0.5, 0.6) is 0 Å². The molecule has 5 nitrogen and oxygen atoms in total. The van der Waals surface area contributed by atoms with Crippen LogP contribution in [0.1, 0.15) is 17.2 Å². The molecule has 0 aliphatic heterocycles. The van der Waals surface area contributed by atoms with Gasteiger partial charge in [-0.3, -0.25) is 10.1 Å². The lowest BCUT2D eigenvalue weighted by Crippen LogP contribution is -2.12. The van der Waals surface area contributed by atoms with E-state index in [9.17, 15) is 15.2 Å². The fourth-order valence-electron chi connectivity index (χ4n) is 1.87. The first kappa shape index (κ1) is 14.6. The highest BCUT2D eigenvalue weighted by atomic mass is 16.6. The van der Waals surface area contributed by atoms with Gasteiger partial charge in [0, 0.05) is 29.9 Å². The van der Waals surface area contributed by atoms with Gasteiger partial charge in [-0.15, -0.1) is 6.42 Å². The molecule has 2 N–H and O–H groups in total. The number of aliphatic hydroxyl groups is 1. The number of rotatable bonds is 5. The Morgan fingerprint density at radius 3 is 2.62 bits per heavy atom. The van der Waals surface area contributed by atoms with Gasteiger partial charge in [0.05, 0.1) is 11.0 Å². The summed E-state index contributed by atoms with van der Waals surface area (Å²) in [6.45, 7) is 0.284. The molecule has 1 unspecified atom stereocenters. The van der Waals surface area contributed by atoms with Crippen molar-refractivity contribution in [2.45, 2.75) is 6.10 Å². The number of aliphatic hydroxyl groups excluding tert-OH is 1. The third-order valence-electron chi connectivity index (χ3n) is 3.02. The van der Waals surface area contributed by atoms with Gasteiger partial charge in [0.2, 0.25) is 0 Å². The first-order chi connectivity index (χ1) is 10.1. The van der Waals surface area contributed by atoms with Crippen molar-refractivity contribution in [3.05, 3.63) is 69.8 Å². The number of nitrogens with one attached hydrogen (secondary N) is 1. The first-order valence-corrected chi connectivity index (χ1v) is 6.33. The average molecular weight is 282 g/mol. The molecule has 0 spiro atoms. The second-order valence-corrected chi connectivity index (χ2v) is 4.47. The Hall–Kier alpha value is -2.84. The summed E-state index contributed by atoms with van der Waals surface area (Å²) in [6, 6.07) is 13.1. The molecule has 0 saturated heterocycles. The Kier molecular flexibility index (Phi) is 4.54. The summed E-state index contributed by atoms with van der Waals surface area (Å²) < 4.78 is 0. The molecule has 5 heteroatoms. The lowest BCUT2D eigenvalue weighted by molar-refractivity contribution is -0.384. The topological polar surface area (TPSA) is 75.4 Å². The van der Waals surface area contributed by atoms with Crippen LogP contribution < -0.4 is 5.32 Å². The number of hydrogen-bond donors (Lipinski definition) is 2. The van der Waals surface area contributed by atoms with Crippen molar-refractivity contribution in [3.8, 4) is 12.3 Å². The van der Waals surface area contributed by atoms with Gasteiger partial charge in [0.1, 0.15) is 0 Å². The van der Waals surface area contributed by atoms with Gasteiger partial charge in [-0.25, -0.2) is 0 Å². The van der Waals surface area contributed by atoms with Crippen molar-refractivity contribution in [1.29, 1.82) is 0 Å². The number of anilines is 1. The maximum Gasteiger partial charge on any atom is 0.269 e. The molecule has 0 aromatic heterocycles. The van der Waals surface area contributed by atoms with E-state index in [0.717, 1.165) is 11.3 Å². The normalized spacial score (nSPS) is 11.4. The molecule has 0 saturated carbocycles. The summed E-state index contributed by atoms with van der Waals surface area (Å²) in [5.41, 5.74) is 2.18. The quantitative estimate of drug-likeness (QED) is 0.502. The zero-order valence-electron chi connectivity index (χ0n) is 11.2. The Bertz CT molecular complexity index is 675. The van der Waals surface area contributed by atoms with Crippen LogP contribution in [0.15, 0.2) is 48.5 Å². The van der Waals surface area contributed by atoms with Gasteiger partial charge in [-0.1, -0.05) is 12.0 Å². The molecule has 2 aromatic rings. The number of non-ortho nitro benzene ring substituents is 1. The summed E-state index contributed by atoms with van der Waals surface area (Å²) in [7, 11) is 0. The second-order valence-electron chi connectivity index (χ2n) is 4.47. The highest BCUT2D eigenvalue weighted by Gasteiger charge is 2.10. The van der Waals surface area contributed by atoms with Gasteiger partial charge >= 0.3 is 0 Å². The molecule has 21 heavy (non-hydrogen) atoms. The van der Waals surface area contributed by atoms with Crippen LogP contribution in [0.3, 0.4) is 0 Å². The SMILES string of the molecule is C#Cc1cccc(NCC(O)c2ccc([N+](=O)[O-])cc2)c1. The molecular weight excluding hydrogens is 268 g/mol. The van der Waals surface area contributed by atoms with Crippen LogP contribution in [-0.2, 0) is 0 Å². The van der Waals surface area contributed by atoms with E-state index in [1.807, 2.05) is 24.3 Å². The number of nitro benzene ring substituents is 1. The molecule has 0 amide bonds. The Morgan fingerprint density at radius 2 is 2.00 bits per heavy atom. The second kappa shape index (κ2) is 6.55. The number of nitrogens with zero attached hydrogens (tertiary/aromatic N) is 1. The van der Waals surface area contributed by atoms with Gasteiger partial charge < -0.3 is 10.4 Å². The predicted molar refractivity (Wildman–Crippen MR) is 80.9 cm³/mol. The van der Waals surface area contributed by atoms with E-state index in [1.165, 1.54) is 12.1 Å². The monoisotopic (exact) mass is 282 g/mol. The molecule has 1 atom stereocenters. The number of benzene rings is 2. The summed E-state index contributed by atoms with van der Waals surface area (Å²) in [6.07, 6.45) is 4.56. The first-order valence-electron chi connectivity index (χ1n) is 6.33. The maximum absolute atomic E-state index is 10.6. The average Bonchev–Trinajstić information content (AvgIpc) is 2.53. The van der Waals surface area contributed by atoms with E-state index >= 15 is 0 Å². The number of hydrogen-bond acceptors (Lipinski definition) is 4. The van der Waals surface area contributed by atoms with Crippen LogP contribution in [0.25, 0.3) is 0 Å². The minimum Gasteiger partial charge on any atom is -0.387 e. The molecule has 0 aliphatic rings. The van der Waals surface area contributed by atoms with Crippen molar-refractivity contribution in [3.63, 3.8) is 0 Å². The summed E-state index contributed by atoms with van der Waals surface area (Å²) in [4.78, 5) is 10.1. The van der Waals surface area contributed by atoms with Crippen molar-refractivity contribution in [2.75, 3.05) is 11.9 Å². The zero-order valence-corrected chi connectivity index (χ0v) is 11.2. The van der Waals surface area contributed by atoms with E-state index in [1.54, 1.807) is 12.1 Å². The molecule has 106 valence electrons. The van der Waals surface area contributed by atoms with Crippen LogP contribution in [0.2, 0.25) is 0 Å². The largest absolute Gasteiger partial charge is 0.387 e. The third kappa shape index (κ3) is 3.81. The molecule has 2 aromatic carbocycles. The molecule has 0 fully saturated rings. The predicted octanol–water partition coefficient (Wildman–Crippen LogP) is 2.72. The van der Waals surface area contributed by atoms with Gasteiger partial charge in [0.15, 0.2) is 0 Å². The minimum absolute atomic E-state index is 0.000584. The standard InChI is InChI=1S/C16H14N2O3/c1-2-12-4-3-5-14(10-12)17-11-16(19)13-6-8-15(9-7-13)18(20)21/h1,3-10,16-17,19H,11H2. The Labute approximate surface area is 122 Å². The smallest absolute Gasteiger partial charge is 0.269 e. The molecule has 0 heterocycles. The fourth-order valence-corrected chi connectivity index (χ4v) is 1.87. The summed E-state index contributed by atoms with van der Waals surface area (Å²) in [5, 5.41) is 23.7. The van der Waals surface area contributed by atoms with Crippen LogP contribution in [-0.4, -0.2) is 16.6 Å². The van der Waals surface area contributed by atoms with Crippen LogP contribution in [0, 0.1) is 22.5 Å². The lowest BCUT2D eigenvalue weighted by atomic mass is 10.1. The molecule has 0 radical (unpaired) electrons. The lowest BCUT2D eigenvalue weighted by Gasteiger charge is -2.13. The highest BCUT2D eigenvalue weighted by molar-refractivity contribution is 5.50. The summed E-state index contributed by atoms with van der Waals surface area (Å²) in [5.74, 6) is 2.54. The molecule has 0 aliphatic carbocycles. The highest BCUT2D eigenvalue weighted by Crippen LogP contribution is 2.19. The van der Waals surface area contributed by atoms with Crippen molar-refractivity contribution in [1.82, 2.24) is 0 Å². The van der Waals surface area contributed by atoms with E-state index in [4.69, 9.17) is 6.42 Å². The maximum atomic E-state index is 10.6. The minimum atomic E-state index is -0.764. The Morgan fingerprint density at radius 1 is 1.29 bits per heavy atom. The Balaban J connectivity index is 1.99. The van der Waals surface area contributed by atoms with Gasteiger partial charge in [-0.2, -0.15) is 0 Å². The zero-order chi connectivity index (χ0) is 15.2. The van der Waals surface area contributed by atoms with Crippen LogP contribution in [0.4, 0.5) is 11.4 Å². The third-order valence-corrected chi connectivity index (χ3v) is 3.02. The van der Waals surface area contributed by atoms with E-state index in [-0.39, 0.29) is 12.2 Å². The van der Waals surface area contributed by atoms with Crippen molar-refractivity contribution >= 4 is 11.4 Å².